The largest absolute Gasteiger partial charge is 0.463 e. The highest BCUT2D eigenvalue weighted by molar-refractivity contribution is 5.84. The summed E-state index contributed by atoms with van der Waals surface area (Å²) in [7, 11) is 0. The van der Waals surface area contributed by atoms with Gasteiger partial charge in [-0.05, 0) is 91.3 Å². The van der Waals surface area contributed by atoms with Crippen LogP contribution < -0.4 is 0 Å². The van der Waals surface area contributed by atoms with E-state index in [1.54, 1.807) is 0 Å². The van der Waals surface area contributed by atoms with Gasteiger partial charge in [0.2, 0.25) is 0 Å². The van der Waals surface area contributed by atoms with Crippen LogP contribution in [-0.2, 0) is 9.53 Å². The lowest BCUT2D eigenvalue weighted by Crippen LogP contribution is -2.57. The normalized spacial score (nSPS) is 43.3. The van der Waals surface area contributed by atoms with Gasteiger partial charge in [0.15, 0.2) is 0 Å². The molecule has 0 N–H and O–H groups in total. The smallest absolute Gasteiger partial charge is 0.302 e. The van der Waals surface area contributed by atoms with Crippen molar-refractivity contribution < 1.29 is 14.3 Å². The van der Waals surface area contributed by atoms with Crippen LogP contribution in [0, 0.1) is 52.3 Å². The average Bonchev–Trinajstić information content (AvgIpc) is 3.10. The van der Waals surface area contributed by atoms with Crippen LogP contribution in [0.25, 0.3) is 5.53 Å². The van der Waals surface area contributed by atoms with Crippen molar-refractivity contribution in [1.82, 2.24) is 0 Å². The second-order valence-corrected chi connectivity index (χ2v) is 13.3. The Morgan fingerprint density at radius 2 is 1.76 bits per heavy atom. The van der Waals surface area contributed by atoms with Gasteiger partial charge >= 0.3 is 5.97 Å². The number of nitrogens with zero attached hydrogens (tertiary/aromatic N) is 2. The number of hydrogen-bond acceptors (Lipinski definition) is 2. The highest BCUT2D eigenvalue weighted by Crippen LogP contribution is 2.68. The first kappa shape index (κ1) is 25.0. The average molecular weight is 457 g/mol. The Bertz CT molecular complexity index is 786. The summed E-state index contributed by atoms with van der Waals surface area (Å²) >= 11 is 0. The molecule has 4 saturated carbocycles. The first-order chi connectivity index (χ1) is 15.6. The molecule has 0 radical (unpaired) electrons. The summed E-state index contributed by atoms with van der Waals surface area (Å²) in [5.41, 5.74) is 11.7. The summed E-state index contributed by atoms with van der Waals surface area (Å²) in [4.78, 5) is 15.5. The molecule has 4 nitrogen and oxygen atoms in total. The van der Waals surface area contributed by atoms with Crippen LogP contribution in [0.3, 0.4) is 0 Å². The molecule has 0 aromatic rings. The van der Waals surface area contributed by atoms with Crippen LogP contribution in [0.1, 0.15) is 112 Å². The topological polar surface area (TPSA) is 62.7 Å². The molecular weight excluding hydrogens is 408 g/mol. The lowest BCUT2D eigenvalue weighted by atomic mass is 9.44. The molecule has 0 bridgehead atoms. The molecule has 0 heterocycles. The van der Waals surface area contributed by atoms with Gasteiger partial charge in [0.25, 0.3) is 5.71 Å². The van der Waals surface area contributed by atoms with E-state index in [1.807, 2.05) is 0 Å². The summed E-state index contributed by atoms with van der Waals surface area (Å²) < 4.78 is 5.61. The summed E-state index contributed by atoms with van der Waals surface area (Å²) in [5.74, 6) is 4.64. The van der Waals surface area contributed by atoms with Gasteiger partial charge in [-0.1, -0.05) is 53.9 Å². The molecular formula is C29H48N2O2. The molecule has 0 saturated heterocycles. The van der Waals surface area contributed by atoms with Crippen molar-refractivity contribution >= 4 is 11.7 Å². The van der Waals surface area contributed by atoms with Crippen LogP contribution in [0.2, 0.25) is 0 Å². The van der Waals surface area contributed by atoms with Gasteiger partial charge in [-0.15, -0.1) is 0 Å². The fourth-order valence-electron chi connectivity index (χ4n) is 9.51. The Morgan fingerprint density at radius 1 is 1.06 bits per heavy atom. The maximum absolute atomic E-state index is 11.6. The molecule has 3 unspecified atom stereocenters. The zero-order valence-electron chi connectivity index (χ0n) is 22.1. The molecule has 0 aromatic heterocycles. The fourth-order valence-corrected chi connectivity index (χ4v) is 9.51. The van der Waals surface area contributed by atoms with Crippen molar-refractivity contribution in [3.05, 3.63) is 5.53 Å². The monoisotopic (exact) mass is 456 g/mol. The summed E-state index contributed by atoms with van der Waals surface area (Å²) in [6.45, 7) is 13.8. The van der Waals surface area contributed by atoms with E-state index in [-0.39, 0.29) is 23.4 Å². The molecule has 4 heteroatoms. The third kappa shape index (κ3) is 4.46. The van der Waals surface area contributed by atoms with Crippen molar-refractivity contribution in [1.29, 1.82) is 0 Å². The number of hydrogen-bond donors (Lipinski definition) is 0. The highest BCUT2D eigenvalue weighted by Gasteiger charge is 2.64. The Labute approximate surface area is 202 Å². The van der Waals surface area contributed by atoms with Gasteiger partial charge in [-0.2, -0.15) is 4.79 Å². The van der Waals surface area contributed by atoms with Crippen LogP contribution in [0.4, 0.5) is 0 Å². The lowest BCUT2D eigenvalue weighted by molar-refractivity contribution is -0.156. The van der Waals surface area contributed by atoms with E-state index in [4.69, 9.17) is 4.74 Å². The van der Waals surface area contributed by atoms with Gasteiger partial charge in [0, 0.05) is 13.3 Å². The van der Waals surface area contributed by atoms with Gasteiger partial charge < -0.3 is 10.3 Å². The lowest BCUT2D eigenvalue weighted by Gasteiger charge is -2.59. The predicted octanol–water partition coefficient (Wildman–Crippen LogP) is 7.32. The SMILES string of the molecule is CC(=O)O[C@H]1CC[C@]2(C)C3CC[C@@]4(C)C(CC[C@@H]4[C@H](C)CCCC(C)C)C3CC(=[N+]=[N-])[C@H]2C1. The van der Waals surface area contributed by atoms with E-state index in [0.29, 0.717) is 17.3 Å². The number of carbonyl (C=O) groups is 1. The van der Waals surface area contributed by atoms with Gasteiger partial charge in [-0.25, -0.2) is 0 Å². The molecule has 186 valence electrons. The van der Waals surface area contributed by atoms with Gasteiger partial charge in [0.05, 0.1) is 5.92 Å². The molecule has 0 aromatic carbocycles. The zero-order valence-corrected chi connectivity index (χ0v) is 22.1. The standard InChI is InChI=1S/C29H48N2O2/c1-18(2)8-7-9-19(3)23-10-11-24-22-17-27(31-30)26-16-21(33-20(4)32)12-14-29(26,6)25(22)13-15-28(23,24)5/h18-19,21-26H,7-17H2,1-6H3/t19-,21+,22?,23-,24?,25?,26-,28-,29-/m1/s1. The van der Waals surface area contributed by atoms with E-state index >= 15 is 0 Å². The van der Waals surface area contributed by atoms with Gasteiger partial charge in [-0.3, -0.25) is 4.79 Å². The zero-order chi connectivity index (χ0) is 24.0. The minimum Gasteiger partial charge on any atom is -0.463 e. The minimum atomic E-state index is -0.187. The van der Waals surface area contributed by atoms with Gasteiger partial charge in [0.1, 0.15) is 6.10 Å². The van der Waals surface area contributed by atoms with Crippen molar-refractivity contribution in [3.8, 4) is 0 Å². The number of rotatable bonds is 6. The minimum absolute atomic E-state index is 0.0229. The van der Waals surface area contributed by atoms with Crippen molar-refractivity contribution in [2.75, 3.05) is 0 Å². The van der Waals surface area contributed by atoms with Crippen molar-refractivity contribution in [3.63, 3.8) is 0 Å². The fraction of sp³-hybridized carbons (Fsp3) is 0.931. The van der Waals surface area contributed by atoms with Crippen LogP contribution in [0.5, 0.6) is 0 Å². The number of fused-ring (bicyclic) bond motifs is 5. The Kier molecular flexibility index (Phi) is 7.17. The number of esters is 1. The first-order valence-electron chi connectivity index (χ1n) is 14.0. The van der Waals surface area contributed by atoms with E-state index in [9.17, 15) is 10.3 Å². The molecule has 0 aliphatic heterocycles. The Morgan fingerprint density at radius 3 is 2.42 bits per heavy atom. The van der Waals surface area contributed by atoms with Crippen LogP contribution >= 0.6 is 0 Å². The van der Waals surface area contributed by atoms with Crippen LogP contribution in [0.15, 0.2) is 0 Å². The summed E-state index contributed by atoms with van der Waals surface area (Å²) in [5, 5.41) is 0. The second-order valence-electron chi connectivity index (χ2n) is 13.3. The third-order valence-corrected chi connectivity index (χ3v) is 11.1. The van der Waals surface area contributed by atoms with E-state index in [1.165, 1.54) is 51.9 Å². The Hall–Kier alpha value is -1.15. The number of carbonyl (C=O) groups excluding carboxylic acids is 1. The molecule has 4 aliphatic rings. The van der Waals surface area contributed by atoms with E-state index in [0.717, 1.165) is 55.1 Å². The second kappa shape index (κ2) is 9.48. The maximum Gasteiger partial charge on any atom is 0.302 e. The highest BCUT2D eigenvalue weighted by atomic mass is 16.5. The summed E-state index contributed by atoms with van der Waals surface area (Å²) in [6.07, 6.45) is 13.3. The predicted molar refractivity (Wildman–Crippen MR) is 133 cm³/mol. The number of ether oxygens (including phenoxy) is 1. The molecule has 4 aliphatic carbocycles. The van der Waals surface area contributed by atoms with Crippen molar-refractivity contribution in [2.45, 2.75) is 118 Å². The summed E-state index contributed by atoms with van der Waals surface area (Å²) in [6, 6.07) is 0. The molecule has 4 fully saturated rings. The van der Waals surface area contributed by atoms with E-state index < -0.39 is 0 Å². The molecule has 9 atom stereocenters. The molecule has 33 heavy (non-hydrogen) atoms. The molecule has 4 rings (SSSR count). The Balaban J connectivity index is 1.52. The third-order valence-electron chi connectivity index (χ3n) is 11.1. The molecule has 0 spiro atoms. The van der Waals surface area contributed by atoms with E-state index in [2.05, 4.69) is 39.4 Å². The maximum atomic E-state index is 11.6. The molecule has 0 amide bonds. The van der Waals surface area contributed by atoms with Crippen molar-refractivity contribution in [2.24, 2.45) is 52.3 Å². The van der Waals surface area contributed by atoms with Crippen LogP contribution in [-0.4, -0.2) is 22.6 Å². The quantitative estimate of drug-likeness (QED) is 0.239. The first-order valence-corrected chi connectivity index (χ1v) is 14.0.